The number of methoxy groups -OCH3 is 1. The fourth-order valence-electron chi connectivity index (χ4n) is 3.18. The molecule has 0 aromatic heterocycles. The Morgan fingerprint density at radius 2 is 1.72 bits per heavy atom. The van der Waals surface area contributed by atoms with Gasteiger partial charge in [-0.3, -0.25) is 0 Å². The Morgan fingerprint density at radius 1 is 0.966 bits per heavy atom. The van der Waals surface area contributed by atoms with Crippen molar-refractivity contribution in [3.05, 3.63) is 84.4 Å². The minimum absolute atomic E-state index is 0.0485. The van der Waals surface area contributed by atoms with E-state index in [0.717, 1.165) is 34.3 Å². The van der Waals surface area contributed by atoms with Crippen LogP contribution < -0.4 is 14.8 Å². The number of nitrogens with one attached hydrogen (secondary N) is 1. The number of carbonyl (C=O) groups excluding carboxylic acids is 1. The number of carbonyl (C=O) groups is 1. The SMILES string of the molecule is COc1ccc(NC(=O)N2CCS[C@H]2c2cccc(Oc3ccccc3)c2)cc1. The maximum absolute atomic E-state index is 12.9. The fourth-order valence-corrected chi connectivity index (χ4v) is 4.43. The van der Waals surface area contributed by atoms with Crippen LogP contribution in [0.25, 0.3) is 0 Å². The summed E-state index contributed by atoms with van der Waals surface area (Å²) in [7, 11) is 1.62. The summed E-state index contributed by atoms with van der Waals surface area (Å²) in [6.45, 7) is 0.696. The zero-order valence-electron chi connectivity index (χ0n) is 16.1. The Labute approximate surface area is 174 Å². The second-order valence-electron chi connectivity index (χ2n) is 6.56. The Balaban J connectivity index is 1.47. The maximum Gasteiger partial charge on any atom is 0.323 e. The monoisotopic (exact) mass is 406 g/mol. The van der Waals surface area contributed by atoms with E-state index in [-0.39, 0.29) is 11.4 Å². The van der Waals surface area contributed by atoms with E-state index >= 15 is 0 Å². The quantitative estimate of drug-likeness (QED) is 0.585. The molecule has 0 aliphatic carbocycles. The zero-order valence-corrected chi connectivity index (χ0v) is 16.9. The van der Waals surface area contributed by atoms with Gasteiger partial charge in [0.1, 0.15) is 22.6 Å². The van der Waals surface area contributed by atoms with Crippen molar-refractivity contribution in [2.75, 3.05) is 24.7 Å². The Morgan fingerprint density at radius 3 is 2.48 bits per heavy atom. The molecule has 0 unspecified atom stereocenters. The van der Waals surface area contributed by atoms with Gasteiger partial charge in [-0.2, -0.15) is 0 Å². The van der Waals surface area contributed by atoms with Crippen LogP contribution in [-0.4, -0.2) is 30.3 Å². The molecular weight excluding hydrogens is 384 g/mol. The summed E-state index contributed by atoms with van der Waals surface area (Å²) in [5.74, 6) is 3.20. The highest BCUT2D eigenvalue weighted by molar-refractivity contribution is 7.99. The van der Waals surface area contributed by atoms with E-state index in [0.29, 0.717) is 6.54 Å². The molecule has 3 aromatic carbocycles. The van der Waals surface area contributed by atoms with E-state index in [4.69, 9.17) is 9.47 Å². The molecular formula is C23H22N2O3S. The van der Waals surface area contributed by atoms with E-state index in [1.165, 1.54) is 0 Å². The number of hydrogen-bond donors (Lipinski definition) is 1. The van der Waals surface area contributed by atoms with Crippen LogP contribution in [0.15, 0.2) is 78.9 Å². The molecule has 1 N–H and O–H groups in total. The van der Waals surface area contributed by atoms with Crippen LogP contribution in [0, 0.1) is 0 Å². The third-order valence-corrected chi connectivity index (χ3v) is 5.88. The molecule has 1 atom stereocenters. The molecule has 148 valence electrons. The molecule has 0 radical (unpaired) electrons. The van der Waals surface area contributed by atoms with Gasteiger partial charge in [0, 0.05) is 18.0 Å². The number of thioether (sulfide) groups is 1. The first-order chi connectivity index (χ1) is 14.2. The summed E-state index contributed by atoms with van der Waals surface area (Å²) in [4.78, 5) is 14.7. The molecule has 1 aliphatic heterocycles. The smallest absolute Gasteiger partial charge is 0.323 e. The predicted octanol–water partition coefficient (Wildman–Crippen LogP) is 5.77. The lowest BCUT2D eigenvalue weighted by atomic mass is 10.2. The highest BCUT2D eigenvalue weighted by Crippen LogP contribution is 2.39. The van der Waals surface area contributed by atoms with Crippen LogP contribution in [0.3, 0.4) is 0 Å². The lowest BCUT2D eigenvalue weighted by Gasteiger charge is -2.25. The van der Waals surface area contributed by atoms with Gasteiger partial charge >= 0.3 is 6.03 Å². The first kappa shape index (κ1) is 19.2. The van der Waals surface area contributed by atoms with Crippen molar-refractivity contribution < 1.29 is 14.3 Å². The summed E-state index contributed by atoms with van der Waals surface area (Å²) < 4.78 is 11.1. The highest BCUT2D eigenvalue weighted by Gasteiger charge is 2.31. The van der Waals surface area contributed by atoms with Gasteiger partial charge in [0.2, 0.25) is 0 Å². The summed E-state index contributed by atoms with van der Waals surface area (Å²) in [5, 5.41) is 2.93. The second kappa shape index (κ2) is 8.92. The van der Waals surface area contributed by atoms with Crippen LogP contribution in [0.2, 0.25) is 0 Å². The van der Waals surface area contributed by atoms with Crippen LogP contribution in [0.5, 0.6) is 17.2 Å². The number of ether oxygens (including phenoxy) is 2. The molecule has 1 aliphatic rings. The summed E-state index contributed by atoms with van der Waals surface area (Å²) in [5.41, 5.74) is 1.79. The molecule has 3 aromatic rings. The van der Waals surface area contributed by atoms with Gasteiger partial charge in [-0.25, -0.2) is 4.79 Å². The van der Waals surface area contributed by atoms with E-state index < -0.39 is 0 Å². The van der Waals surface area contributed by atoms with E-state index in [2.05, 4.69) is 5.32 Å². The molecule has 4 rings (SSSR count). The molecule has 1 saturated heterocycles. The first-order valence-corrected chi connectivity index (χ1v) is 10.4. The minimum Gasteiger partial charge on any atom is -0.497 e. The van der Waals surface area contributed by atoms with Crippen molar-refractivity contribution in [3.8, 4) is 17.2 Å². The van der Waals surface area contributed by atoms with Gasteiger partial charge in [0.15, 0.2) is 0 Å². The number of rotatable bonds is 5. The molecule has 0 spiro atoms. The number of benzene rings is 3. The largest absolute Gasteiger partial charge is 0.497 e. The van der Waals surface area contributed by atoms with Crippen LogP contribution in [0.4, 0.5) is 10.5 Å². The van der Waals surface area contributed by atoms with Crippen LogP contribution >= 0.6 is 11.8 Å². The molecule has 0 saturated carbocycles. The molecule has 29 heavy (non-hydrogen) atoms. The average molecular weight is 407 g/mol. The number of anilines is 1. The molecule has 2 amide bonds. The number of hydrogen-bond acceptors (Lipinski definition) is 4. The number of nitrogens with zero attached hydrogens (tertiary/aromatic N) is 1. The molecule has 5 nitrogen and oxygen atoms in total. The van der Waals surface area contributed by atoms with E-state index in [9.17, 15) is 4.79 Å². The maximum atomic E-state index is 12.9. The van der Waals surface area contributed by atoms with Crippen molar-refractivity contribution in [1.82, 2.24) is 4.90 Å². The van der Waals surface area contributed by atoms with Crippen molar-refractivity contribution in [2.45, 2.75) is 5.37 Å². The van der Waals surface area contributed by atoms with Gasteiger partial charge in [0.25, 0.3) is 0 Å². The Bertz CT molecular complexity index is 963. The topological polar surface area (TPSA) is 50.8 Å². The predicted molar refractivity (Wildman–Crippen MR) is 117 cm³/mol. The molecule has 6 heteroatoms. The summed E-state index contributed by atoms with van der Waals surface area (Å²) >= 11 is 1.75. The number of urea groups is 1. The average Bonchev–Trinajstić information content (AvgIpc) is 3.25. The number of amides is 2. The van der Waals surface area contributed by atoms with Gasteiger partial charge in [0.05, 0.1) is 7.11 Å². The van der Waals surface area contributed by atoms with Gasteiger partial charge in [-0.05, 0) is 54.1 Å². The van der Waals surface area contributed by atoms with E-state index in [1.807, 2.05) is 83.8 Å². The van der Waals surface area contributed by atoms with Crippen molar-refractivity contribution >= 4 is 23.5 Å². The summed E-state index contributed by atoms with van der Waals surface area (Å²) in [6, 6.07) is 24.8. The van der Waals surface area contributed by atoms with Crippen molar-refractivity contribution in [3.63, 3.8) is 0 Å². The van der Waals surface area contributed by atoms with Gasteiger partial charge in [-0.15, -0.1) is 11.8 Å². The zero-order chi connectivity index (χ0) is 20.1. The van der Waals surface area contributed by atoms with Crippen LogP contribution in [-0.2, 0) is 0 Å². The lowest BCUT2D eigenvalue weighted by molar-refractivity contribution is 0.214. The fraction of sp³-hybridized carbons (Fsp3) is 0.174. The third kappa shape index (κ3) is 4.66. The number of para-hydroxylation sites is 1. The molecule has 0 bridgehead atoms. The van der Waals surface area contributed by atoms with E-state index in [1.54, 1.807) is 18.9 Å². The lowest BCUT2D eigenvalue weighted by Crippen LogP contribution is -2.34. The van der Waals surface area contributed by atoms with Crippen molar-refractivity contribution in [1.29, 1.82) is 0 Å². The Hall–Kier alpha value is -3.12. The van der Waals surface area contributed by atoms with Gasteiger partial charge < -0.3 is 19.7 Å². The van der Waals surface area contributed by atoms with Crippen LogP contribution in [0.1, 0.15) is 10.9 Å². The van der Waals surface area contributed by atoms with Crippen molar-refractivity contribution in [2.24, 2.45) is 0 Å². The minimum atomic E-state index is -0.112. The summed E-state index contributed by atoms with van der Waals surface area (Å²) in [6.07, 6.45) is 0. The second-order valence-corrected chi connectivity index (χ2v) is 7.75. The Kier molecular flexibility index (Phi) is 5.91. The van der Waals surface area contributed by atoms with Gasteiger partial charge in [-0.1, -0.05) is 30.3 Å². The normalized spacial score (nSPS) is 15.8. The third-order valence-electron chi connectivity index (χ3n) is 4.62. The molecule has 1 fully saturated rings. The highest BCUT2D eigenvalue weighted by atomic mass is 32.2. The first-order valence-electron chi connectivity index (χ1n) is 9.39. The standard InChI is InChI=1S/C23H22N2O3S/c1-27-19-12-10-18(11-13-19)24-23(26)25-14-15-29-22(25)17-6-5-9-21(16-17)28-20-7-3-2-4-8-20/h2-13,16,22H,14-15H2,1H3,(H,24,26)/t22-/m0/s1. The molecule has 1 heterocycles.